The van der Waals surface area contributed by atoms with Crippen LogP contribution in [-0.2, 0) is 17.6 Å². The molecule has 2 aromatic rings. The molecule has 14 heavy (non-hydrogen) atoms. The standard InChI is InChI=1S/C9H10N2O3/c1-2-6-5-11-8(10-6)3-7(14-11)4-9(12)13/h3,5H,2,4H2,1H3,(H,12,13). The van der Waals surface area contributed by atoms with Crippen LogP contribution in [0.5, 0.6) is 0 Å². The molecule has 0 bridgehead atoms. The second-order valence-corrected chi connectivity index (χ2v) is 3.04. The highest BCUT2D eigenvalue weighted by Gasteiger charge is 2.09. The minimum absolute atomic E-state index is 0.106. The fourth-order valence-corrected chi connectivity index (χ4v) is 1.30. The van der Waals surface area contributed by atoms with Gasteiger partial charge >= 0.3 is 5.97 Å². The van der Waals surface area contributed by atoms with Crippen LogP contribution in [0.3, 0.4) is 0 Å². The van der Waals surface area contributed by atoms with Gasteiger partial charge in [0, 0.05) is 6.07 Å². The molecule has 0 amide bonds. The number of carboxylic acid groups (broad SMARTS) is 1. The minimum Gasteiger partial charge on any atom is -0.481 e. The summed E-state index contributed by atoms with van der Waals surface area (Å²) >= 11 is 0. The van der Waals surface area contributed by atoms with E-state index in [0.29, 0.717) is 11.4 Å². The maximum absolute atomic E-state index is 10.4. The van der Waals surface area contributed by atoms with Gasteiger partial charge in [0.1, 0.15) is 12.2 Å². The van der Waals surface area contributed by atoms with Crippen molar-refractivity contribution in [3.8, 4) is 0 Å². The number of hydrogen-bond acceptors (Lipinski definition) is 3. The SMILES string of the molecule is CCc1cn2oc(CC(=O)O)cc2n1. The average Bonchev–Trinajstić information content (AvgIpc) is 2.59. The largest absolute Gasteiger partial charge is 0.481 e. The van der Waals surface area contributed by atoms with E-state index in [2.05, 4.69) is 4.98 Å². The molecule has 0 fully saturated rings. The molecule has 0 unspecified atom stereocenters. The maximum Gasteiger partial charge on any atom is 0.311 e. The lowest BCUT2D eigenvalue weighted by Crippen LogP contribution is -1.98. The van der Waals surface area contributed by atoms with Crippen LogP contribution in [0.4, 0.5) is 0 Å². The number of hydrogen-bond donors (Lipinski definition) is 1. The van der Waals surface area contributed by atoms with Gasteiger partial charge in [-0.3, -0.25) is 4.79 Å². The Labute approximate surface area is 79.9 Å². The van der Waals surface area contributed by atoms with Crippen molar-refractivity contribution in [3.63, 3.8) is 0 Å². The van der Waals surface area contributed by atoms with E-state index in [0.717, 1.165) is 12.1 Å². The summed E-state index contributed by atoms with van der Waals surface area (Å²) < 4.78 is 6.73. The number of nitrogens with zero attached hydrogens (tertiary/aromatic N) is 2. The van der Waals surface area contributed by atoms with Crippen LogP contribution in [0.15, 0.2) is 16.8 Å². The molecule has 2 aromatic heterocycles. The van der Waals surface area contributed by atoms with Crippen molar-refractivity contribution in [3.05, 3.63) is 23.7 Å². The predicted molar refractivity (Wildman–Crippen MR) is 48.2 cm³/mol. The van der Waals surface area contributed by atoms with Gasteiger partial charge in [-0.15, -0.1) is 0 Å². The summed E-state index contributed by atoms with van der Waals surface area (Å²) in [6.45, 7) is 2.00. The molecule has 0 aliphatic rings. The Bertz CT molecular complexity index is 438. The van der Waals surface area contributed by atoms with Crippen LogP contribution in [0.2, 0.25) is 0 Å². The van der Waals surface area contributed by atoms with Gasteiger partial charge in [-0.25, -0.2) is 4.98 Å². The van der Waals surface area contributed by atoms with Crippen LogP contribution in [-0.4, -0.2) is 20.6 Å². The van der Waals surface area contributed by atoms with Gasteiger partial charge in [-0.1, -0.05) is 6.92 Å². The monoisotopic (exact) mass is 194 g/mol. The van der Waals surface area contributed by atoms with Gasteiger partial charge in [0.25, 0.3) is 0 Å². The number of fused-ring (bicyclic) bond motifs is 1. The first-order valence-corrected chi connectivity index (χ1v) is 4.38. The molecule has 5 heteroatoms. The third kappa shape index (κ3) is 1.48. The van der Waals surface area contributed by atoms with Crippen LogP contribution in [0, 0.1) is 0 Å². The highest BCUT2D eigenvalue weighted by atomic mass is 16.5. The van der Waals surface area contributed by atoms with Gasteiger partial charge in [-0.2, -0.15) is 4.57 Å². The first-order valence-electron chi connectivity index (χ1n) is 4.38. The van der Waals surface area contributed by atoms with Gasteiger partial charge in [0.15, 0.2) is 5.65 Å². The van der Waals surface area contributed by atoms with Gasteiger partial charge in [0.2, 0.25) is 0 Å². The second-order valence-electron chi connectivity index (χ2n) is 3.04. The molecule has 2 heterocycles. The number of aliphatic carboxylic acids is 1. The fraction of sp³-hybridized carbons (Fsp3) is 0.333. The van der Waals surface area contributed by atoms with E-state index < -0.39 is 5.97 Å². The molecule has 2 rings (SSSR count). The van der Waals surface area contributed by atoms with E-state index in [1.165, 1.54) is 4.57 Å². The van der Waals surface area contributed by atoms with Gasteiger partial charge < -0.3 is 9.63 Å². The molecular formula is C9H10N2O3. The highest BCUT2D eigenvalue weighted by Crippen LogP contribution is 2.11. The van der Waals surface area contributed by atoms with E-state index in [9.17, 15) is 4.79 Å². The zero-order chi connectivity index (χ0) is 10.1. The smallest absolute Gasteiger partial charge is 0.311 e. The lowest BCUT2D eigenvalue weighted by Gasteiger charge is -1.87. The summed E-state index contributed by atoms with van der Waals surface area (Å²) in [5.74, 6) is -0.486. The van der Waals surface area contributed by atoms with Crippen LogP contribution in [0.25, 0.3) is 5.65 Å². The van der Waals surface area contributed by atoms with E-state index in [4.69, 9.17) is 9.63 Å². The van der Waals surface area contributed by atoms with Crippen molar-refractivity contribution in [2.45, 2.75) is 19.8 Å². The molecule has 0 aliphatic heterocycles. The minimum atomic E-state index is -0.905. The van der Waals surface area contributed by atoms with E-state index in [1.54, 1.807) is 12.3 Å². The van der Waals surface area contributed by atoms with Crippen LogP contribution in [0.1, 0.15) is 18.4 Å². The fourth-order valence-electron chi connectivity index (χ4n) is 1.30. The van der Waals surface area contributed by atoms with Gasteiger partial charge in [-0.05, 0) is 6.42 Å². The van der Waals surface area contributed by atoms with Crippen molar-refractivity contribution < 1.29 is 14.4 Å². The first kappa shape index (κ1) is 8.80. The summed E-state index contributed by atoms with van der Waals surface area (Å²) in [5, 5.41) is 8.54. The summed E-state index contributed by atoms with van der Waals surface area (Å²) in [5.41, 5.74) is 1.60. The second kappa shape index (κ2) is 3.17. The van der Waals surface area contributed by atoms with Crippen LogP contribution >= 0.6 is 0 Å². The lowest BCUT2D eigenvalue weighted by atomic mass is 10.3. The van der Waals surface area contributed by atoms with Crippen molar-refractivity contribution >= 4 is 11.6 Å². The third-order valence-electron chi connectivity index (χ3n) is 1.94. The lowest BCUT2D eigenvalue weighted by molar-refractivity contribution is -0.136. The summed E-state index contributed by atoms with van der Waals surface area (Å²) in [7, 11) is 0. The molecule has 0 saturated carbocycles. The molecule has 0 aromatic carbocycles. The van der Waals surface area contributed by atoms with Crippen molar-refractivity contribution in [2.24, 2.45) is 0 Å². The number of aryl methyl sites for hydroxylation is 1. The summed E-state index contributed by atoms with van der Waals surface area (Å²) in [4.78, 5) is 14.6. The third-order valence-corrected chi connectivity index (χ3v) is 1.94. The maximum atomic E-state index is 10.4. The van der Waals surface area contributed by atoms with E-state index in [1.807, 2.05) is 6.92 Å². The zero-order valence-corrected chi connectivity index (χ0v) is 7.73. The molecule has 0 radical (unpaired) electrons. The molecule has 0 atom stereocenters. The molecule has 0 spiro atoms. The average molecular weight is 194 g/mol. The van der Waals surface area contributed by atoms with E-state index >= 15 is 0 Å². The van der Waals surface area contributed by atoms with Crippen LogP contribution < -0.4 is 0 Å². The normalized spacial score (nSPS) is 10.9. The Balaban J connectivity index is 2.34. The Hall–Kier alpha value is -1.78. The summed E-state index contributed by atoms with van der Waals surface area (Å²) in [6.07, 6.45) is 2.50. The Morgan fingerprint density at radius 1 is 1.71 bits per heavy atom. The summed E-state index contributed by atoms with van der Waals surface area (Å²) in [6, 6.07) is 1.65. The Morgan fingerprint density at radius 3 is 3.07 bits per heavy atom. The van der Waals surface area contributed by atoms with E-state index in [-0.39, 0.29) is 6.42 Å². The number of carbonyl (C=O) groups is 1. The number of carboxylic acids is 1. The predicted octanol–water partition coefficient (Wildman–Crippen LogP) is 1.12. The zero-order valence-electron chi connectivity index (χ0n) is 7.73. The molecule has 74 valence electrons. The first-order chi connectivity index (χ1) is 6.69. The van der Waals surface area contributed by atoms with Gasteiger partial charge in [0.05, 0.1) is 11.9 Å². The Morgan fingerprint density at radius 2 is 2.50 bits per heavy atom. The molecule has 1 N–H and O–H groups in total. The topological polar surface area (TPSA) is 67.7 Å². The molecule has 5 nitrogen and oxygen atoms in total. The quantitative estimate of drug-likeness (QED) is 0.794. The highest BCUT2D eigenvalue weighted by molar-refractivity contribution is 5.69. The molecular weight excluding hydrogens is 184 g/mol. The number of imidazole rings is 1. The molecule has 0 aliphatic carbocycles. The number of rotatable bonds is 3. The Kier molecular flexibility index (Phi) is 1.99. The van der Waals surface area contributed by atoms with Crippen molar-refractivity contribution in [1.29, 1.82) is 0 Å². The van der Waals surface area contributed by atoms with Crippen molar-refractivity contribution in [1.82, 2.24) is 9.56 Å². The number of aromatic nitrogens is 2. The molecule has 0 saturated heterocycles. The van der Waals surface area contributed by atoms with Crippen molar-refractivity contribution in [2.75, 3.05) is 0 Å².